The Kier molecular flexibility index (Phi) is 3.84. The lowest BCUT2D eigenvalue weighted by atomic mass is 10.0. The highest BCUT2D eigenvalue weighted by atomic mass is 19.4. The third-order valence-corrected chi connectivity index (χ3v) is 2.84. The Labute approximate surface area is 117 Å². The molecule has 0 atom stereocenters. The van der Waals surface area contributed by atoms with Gasteiger partial charge in [0.15, 0.2) is 0 Å². The molecule has 7 heteroatoms. The third-order valence-electron chi connectivity index (χ3n) is 2.84. The highest BCUT2D eigenvalue weighted by Crippen LogP contribution is 2.30. The van der Waals surface area contributed by atoms with Crippen molar-refractivity contribution in [1.29, 1.82) is 0 Å². The summed E-state index contributed by atoms with van der Waals surface area (Å²) in [7, 11) is 1.17. The predicted octanol–water partition coefficient (Wildman–Crippen LogP) is 2.85. The molecule has 1 aromatic heterocycles. The number of carbonyl (C=O) groups excluding carboxylic acids is 1. The number of rotatable bonds is 2. The molecule has 0 aliphatic carbocycles. The summed E-state index contributed by atoms with van der Waals surface area (Å²) in [5.41, 5.74) is -0.929. The van der Waals surface area contributed by atoms with Crippen LogP contribution >= 0.6 is 0 Å². The molecule has 0 radical (unpaired) electrons. The summed E-state index contributed by atoms with van der Waals surface area (Å²) in [5.74, 6) is -0.703. The Morgan fingerprint density at radius 2 is 1.71 bits per heavy atom. The molecule has 0 aliphatic heterocycles. The number of benzene rings is 1. The number of esters is 1. The van der Waals surface area contributed by atoms with E-state index in [1.165, 1.54) is 31.4 Å². The van der Waals surface area contributed by atoms with Crippen LogP contribution in [0.5, 0.6) is 0 Å². The van der Waals surface area contributed by atoms with Gasteiger partial charge in [-0.15, -0.1) is 0 Å². The lowest BCUT2D eigenvalue weighted by molar-refractivity contribution is -0.137. The molecule has 2 aromatic rings. The minimum Gasteiger partial charge on any atom is -0.464 e. The molecule has 0 saturated heterocycles. The molecule has 1 N–H and O–H groups in total. The van der Waals surface area contributed by atoms with Crippen molar-refractivity contribution < 1.29 is 22.7 Å². The van der Waals surface area contributed by atoms with Crippen molar-refractivity contribution in [3.63, 3.8) is 0 Å². The van der Waals surface area contributed by atoms with E-state index in [1.54, 1.807) is 0 Å². The number of ether oxygens (including phenoxy) is 1. The summed E-state index contributed by atoms with van der Waals surface area (Å²) in [6.07, 6.45) is -4.43. The molecule has 0 saturated carbocycles. The zero-order chi connectivity index (χ0) is 15.6. The fourth-order valence-electron chi connectivity index (χ4n) is 1.77. The number of hydrogen-bond donors (Lipinski definition) is 1. The van der Waals surface area contributed by atoms with Crippen molar-refractivity contribution >= 4 is 5.97 Å². The molecular weight excluding hydrogens is 287 g/mol. The van der Waals surface area contributed by atoms with E-state index in [0.29, 0.717) is 5.56 Å². The van der Waals surface area contributed by atoms with Gasteiger partial charge in [-0.3, -0.25) is 4.79 Å². The van der Waals surface area contributed by atoms with Gasteiger partial charge in [0.25, 0.3) is 5.56 Å². The second-order valence-electron chi connectivity index (χ2n) is 4.18. The number of methoxy groups -OCH3 is 1. The van der Waals surface area contributed by atoms with Crippen LogP contribution < -0.4 is 5.56 Å². The molecule has 2 rings (SSSR count). The van der Waals surface area contributed by atoms with Crippen LogP contribution in [0.3, 0.4) is 0 Å². The maximum absolute atomic E-state index is 12.5. The Morgan fingerprint density at radius 3 is 2.19 bits per heavy atom. The van der Waals surface area contributed by atoms with E-state index >= 15 is 0 Å². The SMILES string of the molecule is COC(=O)c1ccc(-c2ccc(C(F)(F)F)cc2)c(=O)[nH]1. The highest BCUT2D eigenvalue weighted by molar-refractivity contribution is 5.87. The average Bonchev–Trinajstić information content (AvgIpc) is 2.45. The molecule has 4 nitrogen and oxygen atoms in total. The summed E-state index contributed by atoms with van der Waals surface area (Å²) >= 11 is 0. The van der Waals surface area contributed by atoms with E-state index in [-0.39, 0.29) is 11.3 Å². The molecular formula is C14H10F3NO3. The number of nitrogens with one attached hydrogen (secondary N) is 1. The second-order valence-corrected chi connectivity index (χ2v) is 4.18. The van der Waals surface area contributed by atoms with E-state index in [1.807, 2.05) is 0 Å². The first-order valence-corrected chi connectivity index (χ1v) is 5.82. The molecule has 0 fully saturated rings. The van der Waals surface area contributed by atoms with Crippen LogP contribution in [-0.2, 0) is 10.9 Å². The van der Waals surface area contributed by atoms with E-state index in [9.17, 15) is 22.8 Å². The summed E-state index contributed by atoms with van der Waals surface area (Å²) in [4.78, 5) is 25.4. The van der Waals surface area contributed by atoms with Crippen molar-refractivity contribution in [2.75, 3.05) is 7.11 Å². The maximum atomic E-state index is 12.5. The Bertz CT molecular complexity index is 717. The van der Waals surface area contributed by atoms with E-state index in [0.717, 1.165) is 12.1 Å². The fraction of sp³-hybridized carbons (Fsp3) is 0.143. The third kappa shape index (κ3) is 3.13. The second kappa shape index (κ2) is 5.43. The minimum atomic E-state index is -4.43. The fourth-order valence-corrected chi connectivity index (χ4v) is 1.77. The lowest BCUT2D eigenvalue weighted by Crippen LogP contribution is -2.15. The smallest absolute Gasteiger partial charge is 0.416 e. The lowest BCUT2D eigenvalue weighted by Gasteiger charge is -2.07. The molecule has 110 valence electrons. The van der Waals surface area contributed by atoms with Gasteiger partial charge < -0.3 is 9.72 Å². The van der Waals surface area contributed by atoms with E-state index in [2.05, 4.69) is 9.72 Å². The summed E-state index contributed by atoms with van der Waals surface area (Å²) in [5, 5.41) is 0. The van der Waals surface area contributed by atoms with Gasteiger partial charge in [-0.25, -0.2) is 4.79 Å². The van der Waals surface area contributed by atoms with Crippen LogP contribution in [0, 0.1) is 0 Å². The van der Waals surface area contributed by atoms with Crippen molar-refractivity contribution in [1.82, 2.24) is 4.98 Å². The first-order chi connectivity index (χ1) is 9.82. The van der Waals surface area contributed by atoms with Gasteiger partial charge in [-0.2, -0.15) is 13.2 Å². The predicted molar refractivity (Wildman–Crippen MR) is 68.8 cm³/mol. The first-order valence-electron chi connectivity index (χ1n) is 5.82. The van der Waals surface area contributed by atoms with Crippen LogP contribution in [-0.4, -0.2) is 18.1 Å². The quantitative estimate of drug-likeness (QED) is 0.867. The van der Waals surface area contributed by atoms with Crippen molar-refractivity contribution in [2.45, 2.75) is 6.18 Å². The van der Waals surface area contributed by atoms with Gasteiger partial charge in [0.05, 0.1) is 12.7 Å². The number of aromatic nitrogens is 1. The number of alkyl halides is 3. The van der Waals surface area contributed by atoms with Gasteiger partial charge >= 0.3 is 12.1 Å². The molecule has 1 heterocycles. The highest BCUT2D eigenvalue weighted by Gasteiger charge is 2.30. The number of pyridine rings is 1. The average molecular weight is 297 g/mol. The van der Waals surface area contributed by atoms with Crippen LogP contribution in [0.1, 0.15) is 16.1 Å². The molecule has 0 unspecified atom stereocenters. The molecule has 1 aromatic carbocycles. The zero-order valence-electron chi connectivity index (χ0n) is 10.8. The van der Waals surface area contributed by atoms with Gasteiger partial charge in [-0.05, 0) is 29.8 Å². The Balaban J connectivity index is 2.39. The van der Waals surface area contributed by atoms with Crippen molar-refractivity contribution in [3.8, 4) is 11.1 Å². The van der Waals surface area contributed by atoms with Crippen molar-refractivity contribution in [2.24, 2.45) is 0 Å². The van der Waals surface area contributed by atoms with Gasteiger partial charge in [-0.1, -0.05) is 12.1 Å². The number of H-pyrrole nitrogens is 1. The van der Waals surface area contributed by atoms with Gasteiger partial charge in [0, 0.05) is 5.56 Å². The number of carbonyl (C=O) groups is 1. The number of hydrogen-bond acceptors (Lipinski definition) is 3. The summed E-state index contributed by atoms with van der Waals surface area (Å²) in [6.45, 7) is 0. The van der Waals surface area contributed by atoms with Gasteiger partial charge in [0.2, 0.25) is 0 Å². The summed E-state index contributed by atoms with van der Waals surface area (Å²) in [6, 6.07) is 6.87. The van der Waals surface area contributed by atoms with Crippen molar-refractivity contribution in [3.05, 3.63) is 58.0 Å². The molecule has 21 heavy (non-hydrogen) atoms. The Hall–Kier alpha value is -2.57. The topological polar surface area (TPSA) is 59.2 Å². The Morgan fingerprint density at radius 1 is 1.10 bits per heavy atom. The molecule has 0 amide bonds. The van der Waals surface area contributed by atoms with E-state index in [4.69, 9.17) is 0 Å². The zero-order valence-corrected chi connectivity index (χ0v) is 10.8. The molecule has 0 aliphatic rings. The summed E-state index contributed by atoms with van der Waals surface area (Å²) < 4.78 is 41.8. The van der Waals surface area contributed by atoms with Gasteiger partial charge in [0.1, 0.15) is 5.69 Å². The molecule has 0 spiro atoms. The van der Waals surface area contributed by atoms with Crippen LogP contribution in [0.2, 0.25) is 0 Å². The van der Waals surface area contributed by atoms with Crippen LogP contribution in [0.25, 0.3) is 11.1 Å². The maximum Gasteiger partial charge on any atom is 0.416 e. The molecule has 0 bridgehead atoms. The minimum absolute atomic E-state index is 0.0295. The first kappa shape index (κ1) is 14.8. The number of halogens is 3. The standard InChI is InChI=1S/C14H10F3NO3/c1-21-13(20)11-7-6-10(12(19)18-11)8-2-4-9(5-3-8)14(15,16)17/h2-7H,1H3,(H,18,19). The largest absolute Gasteiger partial charge is 0.464 e. The monoisotopic (exact) mass is 297 g/mol. The number of aromatic amines is 1. The normalized spacial score (nSPS) is 11.2. The van der Waals surface area contributed by atoms with E-state index < -0.39 is 23.3 Å². The van der Waals surface area contributed by atoms with Crippen LogP contribution in [0.4, 0.5) is 13.2 Å². The van der Waals surface area contributed by atoms with Crippen LogP contribution in [0.15, 0.2) is 41.2 Å².